The summed E-state index contributed by atoms with van der Waals surface area (Å²) in [5.41, 5.74) is -2.18. The first-order valence-electron chi connectivity index (χ1n) is 6.22. The predicted molar refractivity (Wildman–Crippen MR) is 74.5 cm³/mol. The predicted octanol–water partition coefficient (Wildman–Crippen LogP) is -0.280. The number of aromatic nitrogens is 3. The van der Waals surface area contributed by atoms with Crippen molar-refractivity contribution in [3.05, 3.63) is 45.2 Å². The molecule has 2 rings (SSSR count). The summed E-state index contributed by atoms with van der Waals surface area (Å²) in [6.45, 7) is 0. The smallest absolute Gasteiger partial charge is 0.404 e. The van der Waals surface area contributed by atoms with Crippen molar-refractivity contribution in [2.45, 2.75) is 11.3 Å². The van der Waals surface area contributed by atoms with E-state index in [4.69, 9.17) is 0 Å². The molecule has 1 amide bonds. The van der Waals surface area contributed by atoms with Gasteiger partial charge in [-0.2, -0.15) is 0 Å². The quantitative estimate of drug-likeness (QED) is 0.750. The number of halogens is 3. The highest BCUT2D eigenvalue weighted by Crippen LogP contribution is 2.29. The Morgan fingerprint density at radius 3 is 2.36 bits per heavy atom. The van der Waals surface area contributed by atoms with E-state index in [9.17, 15) is 36.0 Å². The largest absolute Gasteiger partial charge is 0.573 e. The Morgan fingerprint density at radius 2 is 1.84 bits per heavy atom. The number of aromatic amines is 1. The highest BCUT2D eigenvalue weighted by atomic mass is 32.2. The molecule has 136 valence electrons. The van der Waals surface area contributed by atoms with Crippen LogP contribution >= 0.6 is 0 Å². The molecule has 0 radical (unpaired) electrons. The average Bonchev–Trinajstić information content (AvgIpc) is 2.73. The summed E-state index contributed by atoms with van der Waals surface area (Å²) < 4.78 is 66.8. The zero-order valence-electron chi connectivity index (χ0n) is 12.2. The Labute approximate surface area is 136 Å². The molecule has 0 bridgehead atoms. The number of ether oxygens (including phenoxy) is 1. The van der Waals surface area contributed by atoms with E-state index in [1.54, 1.807) is 5.10 Å². The Kier molecular flexibility index (Phi) is 4.48. The number of nitrogens with zero attached hydrogens (tertiary/aromatic N) is 2. The number of amides is 1. The number of rotatable bonds is 3. The molecule has 25 heavy (non-hydrogen) atoms. The van der Waals surface area contributed by atoms with Crippen LogP contribution in [0.15, 0.2) is 38.8 Å². The molecule has 1 heterocycles. The number of hydrogen-bond donors (Lipinski definition) is 2. The van der Waals surface area contributed by atoms with E-state index >= 15 is 0 Å². The highest BCUT2D eigenvalue weighted by Gasteiger charge is 2.34. The molecule has 0 atom stereocenters. The molecule has 1 aromatic carbocycles. The monoisotopic (exact) mass is 382 g/mol. The molecular weight excluding hydrogens is 373 g/mol. The third kappa shape index (κ3) is 3.90. The maximum absolute atomic E-state index is 12.3. The lowest BCUT2D eigenvalue weighted by atomic mass is 10.3. The van der Waals surface area contributed by atoms with Crippen molar-refractivity contribution >= 4 is 16.1 Å². The van der Waals surface area contributed by atoms with Crippen LogP contribution in [0.25, 0.3) is 0 Å². The van der Waals surface area contributed by atoms with Crippen molar-refractivity contribution < 1.29 is 31.1 Å². The Morgan fingerprint density at radius 1 is 1.24 bits per heavy atom. The molecule has 0 spiro atoms. The highest BCUT2D eigenvalue weighted by molar-refractivity contribution is 7.90. The van der Waals surface area contributed by atoms with Gasteiger partial charge in [0.15, 0.2) is 0 Å². The molecule has 0 saturated carbocycles. The summed E-state index contributed by atoms with van der Waals surface area (Å²) in [6, 6.07) is 2.07. The van der Waals surface area contributed by atoms with E-state index in [0.29, 0.717) is 4.57 Å². The van der Waals surface area contributed by atoms with Crippen LogP contribution in [0.3, 0.4) is 0 Å². The van der Waals surface area contributed by atoms with Gasteiger partial charge in [0.25, 0.3) is 10.0 Å². The average molecular weight is 382 g/mol. The fourth-order valence-corrected chi connectivity index (χ4v) is 2.75. The fraction of sp³-hybridized carbons (Fsp3) is 0.182. The molecule has 2 aromatic rings. The van der Waals surface area contributed by atoms with Crippen LogP contribution in [0.1, 0.15) is 0 Å². The second-order valence-corrected chi connectivity index (χ2v) is 6.15. The standard InChI is InChI=1S/C11H9F3N4O6S/c1-17-8(19)15-18(10(17)21)9(20)16-25(22,23)7-5-3-2-4-6(7)24-11(12,13)14/h2-5H,1H3,(H,15,19)(H,16,20). The number of hydrogen-bond acceptors (Lipinski definition) is 6. The zero-order valence-corrected chi connectivity index (χ0v) is 13.0. The van der Waals surface area contributed by atoms with Gasteiger partial charge in [-0.05, 0) is 12.1 Å². The summed E-state index contributed by atoms with van der Waals surface area (Å²) in [7, 11) is -3.83. The number of benzene rings is 1. The van der Waals surface area contributed by atoms with Crippen LogP contribution in [-0.2, 0) is 17.1 Å². The third-order valence-corrected chi connectivity index (χ3v) is 4.14. The van der Waals surface area contributed by atoms with Gasteiger partial charge in [0.1, 0.15) is 10.6 Å². The second kappa shape index (κ2) is 6.12. The number of alkyl halides is 3. The van der Waals surface area contributed by atoms with Crippen molar-refractivity contribution in [3.63, 3.8) is 0 Å². The van der Waals surface area contributed by atoms with Gasteiger partial charge in [0.2, 0.25) is 0 Å². The van der Waals surface area contributed by atoms with Gasteiger partial charge in [-0.15, -0.1) is 17.9 Å². The summed E-state index contributed by atoms with van der Waals surface area (Å²) in [6.07, 6.45) is -5.17. The first kappa shape index (κ1) is 18.3. The number of carbonyl (C=O) groups is 1. The SMILES string of the molecule is Cn1c(=O)[nH]n(C(=O)NS(=O)(=O)c2ccccc2OC(F)(F)F)c1=O. The van der Waals surface area contributed by atoms with Crippen molar-refractivity contribution in [1.29, 1.82) is 0 Å². The maximum atomic E-state index is 12.3. The number of para-hydroxylation sites is 1. The molecule has 0 aliphatic rings. The summed E-state index contributed by atoms with van der Waals surface area (Å²) in [4.78, 5) is 33.6. The normalized spacial score (nSPS) is 12.0. The molecule has 14 heteroatoms. The molecule has 0 fully saturated rings. The molecule has 0 aliphatic heterocycles. The number of sulfonamides is 1. The van der Waals surface area contributed by atoms with Crippen LogP contribution < -0.4 is 20.8 Å². The van der Waals surface area contributed by atoms with E-state index in [2.05, 4.69) is 4.74 Å². The summed E-state index contributed by atoms with van der Waals surface area (Å²) in [5.74, 6) is -1.08. The van der Waals surface area contributed by atoms with Crippen LogP contribution in [0.2, 0.25) is 0 Å². The maximum Gasteiger partial charge on any atom is 0.573 e. The number of carbonyl (C=O) groups excluding carboxylic acids is 1. The molecule has 1 aromatic heterocycles. The van der Waals surface area contributed by atoms with E-state index < -0.39 is 44.4 Å². The lowest BCUT2D eigenvalue weighted by molar-refractivity contribution is -0.275. The van der Waals surface area contributed by atoms with Gasteiger partial charge in [-0.1, -0.05) is 12.1 Å². The lowest BCUT2D eigenvalue weighted by Gasteiger charge is -2.13. The minimum atomic E-state index is -5.17. The minimum Gasteiger partial charge on any atom is -0.404 e. The Bertz CT molecular complexity index is 1030. The van der Waals surface area contributed by atoms with E-state index in [1.165, 1.54) is 4.72 Å². The van der Waals surface area contributed by atoms with Gasteiger partial charge >= 0.3 is 23.8 Å². The van der Waals surface area contributed by atoms with Gasteiger partial charge in [0, 0.05) is 7.05 Å². The number of H-pyrrole nitrogens is 1. The molecule has 0 unspecified atom stereocenters. The van der Waals surface area contributed by atoms with E-state index in [0.717, 1.165) is 31.3 Å². The van der Waals surface area contributed by atoms with Gasteiger partial charge in [-0.3, -0.25) is 0 Å². The van der Waals surface area contributed by atoms with Crippen LogP contribution in [0.4, 0.5) is 18.0 Å². The van der Waals surface area contributed by atoms with Gasteiger partial charge in [-0.25, -0.2) is 37.2 Å². The van der Waals surface area contributed by atoms with Crippen molar-refractivity contribution in [2.24, 2.45) is 7.05 Å². The fourth-order valence-electron chi connectivity index (χ4n) is 1.69. The van der Waals surface area contributed by atoms with Gasteiger partial charge in [0.05, 0.1) is 0 Å². The topological polar surface area (TPSA) is 132 Å². The molecule has 0 saturated heterocycles. The second-order valence-electron chi connectivity index (χ2n) is 4.50. The first-order chi connectivity index (χ1) is 11.4. The van der Waals surface area contributed by atoms with Gasteiger partial charge < -0.3 is 4.74 Å². The Balaban J connectivity index is 2.40. The minimum absolute atomic E-state index is 0.0487. The van der Waals surface area contributed by atoms with E-state index in [-0.39, 0.29) is 4.68 Å². The molecule has 2 N–H and O–H groups in total. The molecule has 0 aliphatic carbocycles. The zero-order chi connectivity index (χ0) is 19.0. The molecular formula is C11H9F3N4O6S. The van der Waals surface area contributed by atoms with E-state index in [1.807, 2.05) is 0 Å². The van der Waals surface area contributed by atoms with Crippen LogP contribution in [0.5, 0.6) is 5.75 Å². The first-order valence-corrected chi connectivity index (χ1v) is 7.70. The summed E-state index contributed by atoms with van der Waals surface area (Å²) >= 11 is 0. The molecule has 10 nitrogen and oxygen atoms in total. The van der Waals surface area contributed by atoms with Crippen LogP contribution in [-0.4, -0.2) is 35.2 Å². The third-order valence-electron chi connectivity index (χ3n) is 2.78. The van der Waals surface area contributed by atoms with Crippen molar-refractivity contribution in [1.82, 2.24) is 19.1 Å². The Hall–Kier alpha value is -3.03. The summed E-state index contributed by atoms with van der Waals surface area (Å²) in [5, 5.41) is 1.76. The van der Waals surface area contributed by atoms with Crippen molar-refractivity contribution in [3.8, 4) is 5.75 Å². The lowest BCUT2D eigenvalue weighted by Crippen LogP contribution is -2.40. The number of nitrogens with one attached hydrogen (secondary N) is 2. The van der Waals surface area contributed by atoms with Crippen molar-refractivity contribution in [2.75, 3.05) is 0 Å². The van der Waals surface area contributed by atoms with Crippen LogP contribution in [0, 0.1) is 0 Å².